The summed E-state index contributed by atoms with van der Waals surface area (Å²) in [4.78, 5) is 15.9. The molecule has 2 aromatic rings. The van der Waals surface area contributed by atoms with Crippen LogP contribution in [-0.4, -0.2) is 10.9 Å². The van der Waals surface area contributed by atoms with Crippen LogP contribution in [0.4, 0.5) is 5.69 Å². The zero-order chi connectivity index (χ0) is 13.0. The molecule has 92 valence electrons. The smallest absolute Gasteiger partial charge is 0.253 e. The van der Waals surface area contributed by atoms with E-state index in [1.54, 1.807) is 18.5 Å². The molecule has 0 unspecified atom stereocenters. The topological polar surface area (TPSA) is 68.0 Å². The molecule has 0 atom stereocenters. The summed E-state index contributed by atoms with van der Waals surface area (Å²) in [6, 6.07) is 9.16. The fraction of sp³-hybridized carbons (Fsp3) is 0.143. The Balaban J connectivity index is 2.07. The molecule has 0 saturated carbocycles. The van der Waals surface area contributed by atoms with Gasteiger partial charge in [-0.2, -0.15) is 0 Å². The average molecular weight is 241 g/mol. The van der Waals surface area contributed by atoms with Crippen molar-refractivity contribution in [1.29, 1.82) is 0 Å². The SMILES string of the molecule is Cc1cccc(C(=O)NCc2ccncc2)c1N. The molecule has 4 heteroatoms. The third-order valence-corrected chi connectivity index (χ3v) is 2.77. The standard InChI is InChI=1S/C14H15N3O/c1-10-3-2-4-12(13(10)15)14(18)17-9-11-5-7-16-8-6-11/h2-8H,9,15H2,1H3,(H,17,18). The molecule has 0 aliphatic heterocycles. The van der Waals surface area contributed by atoms with Crippen LogP contribution in [0, 0.1) is 6.92 Å². The molecule has 4 nitrogen and oxygen atoms in total. The van der Waals surface area contributed by atoms with Crippen molar-refractivity contribution >= 4 is 11.6 Å². The fourth-order valence-corrected chi connectivity index (χ4v) is 1.66. The monoisotopic (exact) mass is 241 g/mol. The van der Waals surface area contributed by atoms with Crippen molar-refractivity contribution in [2.45, 2.75) is 13.5 Å². The number of para-hydroxylation sites is 1. The van der Waals surface area contributed by atoms with Gasteiger partial charge < -0.3 is 11.1 Å². The highest BCUT2D eigenvalue weighted by Crippen LogP contribution is 2.16. The number of nitrogen functional groups attached to an aromatic ring is 1. The number of rotatable bonds is 3. The van der Waals surface area contributed by atoms with Gasteiger partial charge in [0.05, 0.1) is 5.56 Å². The van der Waals surface area contributed by atoms with Gasteiger partial charge in [0, 0.05) is 24.6 Å². The van der Waals surface area contributed by atoms with Gasteiger partial charge >= 0.3 is 0 Å². The number of carbonyl (C=O) groups is 1. The maximum absolute atomic E-state index is 12.0. The largest absolute Gasteiger partial charge is 0.398 e. The summed E-state index contributed by atoms with van der Waals surface area (Å²) in [5.74, 6) is -0.159. The lowest BCUT2D eigenvalue weighted by molar-refractivity contribution is 0.0951. The number of hydrogen-bond acceptors (Lipinski definition) is 3. The number of benzene rings is 1. The van der Waals surface area contributed by atoms with Gasteiger partial charge in [0.2, 0.25) is 0 Å². The first kappa shape index (κ1) is 12.1. The van der Waals surface area contributed by atoms with E-state index in [1.165, 1.54) is 0 Å². The van der Waals surface area contributed by atoms with Crippen LogP contribution in [-0.2, 0) is 6.54 Å². The summed E-state index contributed by atoms with van der Waals surface area (Å²) in [6.45, 7) is 2.35. The van der Waals surface area contributed by atoms with Crippen LogP contribution in [0.1, 0.15) is 21.5 Å². The van der Waals surface area contributed by atoms with E-state index in [1.807, 2.05) is 31.2 Å². The Morgan fingerprint density at radius 1 is 1.28 bits per heavy atom. The first-order chi connectivity index (χ1) is 8.68. The Morgan fingerprint density at radius 2 is 2.00 bits per heavy atom. The van der Waals surface area contributed by atoms with E-state index in [-0.39, 0.29) is 5.91 Å². The van der Waals surface area contributed by atoms with Gasteiger partial charge in [-0.25, -0.2) is 0 Å². The number of pyridine rings is 1. The predicted octanol–water partition coefficient (Wildman–Crippen LogP) is 1.90. The van der Waals surface area contributed by atoms with Crippen LogP contribution in [0.2, 0.25) is 0 Å². The molecule has 1 aromatic carbocycles. The number of amides is 1. The quantitative estimate of drug-likeness (QED) is 0.806. The van der Waals surface area contributed by atoms with Crippen LogP contribution in [0.3, 0.4) is 0 Å². The number of carbonyl (C=O) groups excluding carboxylic acids is 1. The van der Waals surface area contributed by atoms with Crippen LogP contribution in [0.15, 0.2) is 42.7 Å². The summed E-state index contributed by atoms with van der Waals surface area (Å²) < 4.78 is 0. The highest BCUT2D eigenvalue weighted by molar-refractivity contribution is 5.99. The highest BCUT2D eigenvalue weighted by Gasteiger charge is 2.10. The molecule has 18 heavy (non-hydrogen) atoms. The van der Waals surface area contributed by atoms with E-state index < -0.39 is 0 Å². The van der Waals surface area contributed by atoms with Crippen molar-refractivity contribution in [3.05, 3.63) is 59.4 Å². The van der Waals surface area contributed by atoms with Gasteiger partial charge in [-0.1, -0.05) is 12.1 Å². The summed E-state index contributed by atoms with van der Waals surface area (Å²) >= 11 is 0. The van der Waals surface area contributed by atoms with Crippen molar-refractivity contribution in [1.82, 2.24) is 10.3 Å². The molecular weight excluding hydrogens is 226 g/mol. The summed E-state index contributed by atoms with van der Waals surface area (Å²) in [5.41, 5.74) is 8.84. The van der Waals surface area contributed by atoms with E-state index >= 15 is 0 Å². The van der Waals surface area contributed by atoms with E-state index in [2.05, 4.69) is 10.3 Å². The van der Waals surface area contributed by atoms with Crippen LogP contribution in [0.5, 0.6) is 0 Å². The van der Waals surface area contributed by atoms with Gasteiger partial charge in [-0.15, -0.1) is 0 Å². The Kier molecular flexibility index (Phi) is 3.57. The van der Waals surface area contributed by atoms with E-state index in [0.717, 1.165) is 11.1 Å². The van der Waals surface area contributed by atoms with Crippen molar-refractivity contribution in [2.24, 2.45) is 0 Å². The first-order valence-corrected chi connectivity index (χ1v) is 5.70. The van der Waals surface area contributed by atoms with Gasteiger partial charge in [0.1, 0.15) is 0 Å². The second-order valence-electron chi connectivity index (χ2n) is 4.07. The second kappa shape index (κ2) is 5.31. The van der Waals surface area contributed by atoms with Gasteiger partial charge in [-0.3, -0.25) is 9.78 Å². The number of aryl methyl sites for hydroxylation is 1. The van der Waals surface area contributed by atoms with Gasteiger partial charge in [0.25, 0.3) is 5.91 Å². The zero-order valence-electron chi connectivity index (χ0n) is 10.2. The third kappa shape index (κ3) is 2.66. The molecule has 0 radical (unpaired) electrons. The average Bonchev–Trinajstić information content (AvgIpc) is 2.40. The summed E-state index contributed by atoms with van der Waals surface area (Å²) in [7, 11) is 0. The van der Waals surface area contributed by atoms with Crippen LogP contribution in [0.25, 0.3) is 0 Å². The number of nitrogens with two attached hydrogens (primary N) is 1. The molecule has 1 amide bonds. The van der Waals surface area contributed by atoms with Crippen LogP contribution < -0.4 is 11.1 Å². The molecular formula is C14H15N3O. The van der Waals surface area contributed by atoms with E-state index in [0.29, 0.717) is 17.8 Å². The molecule has 0 bridgehead atoms. The van der Waals surface area contributed by atoms with Crippen molar-refractivity contribution in [3.63, 3.8) is 0 Å². The minimum Gasteiger partial charge on any atom is -0.398 e. The molecule has 0 saturated heterocycles. The Bertz CT molecular complexity index is 552. The predicted molar refractivity (Wildman–Crippen MR) is 71.0 cm³/mol. The Labute approximate surface area is 106 Å². The molecule has 1 heterocycles. The minimum atomic E-state index is -0.159. The molecule has 0 fully saturated rings. The third-order valence-electron chi connectivity index (χ3n) is 2.77. The van der Waals surface area contributed by atoms with Crippen molar-refractivity contribution in [2.75, 3.05) is 5.73 Å². The lowest BCUT2D eigenvalue weighted by Gasteiger charge is -2.09. The summed E-state index contributed by atoms with van der Waals surface area (Å²) in [5, 5.41) is 2.84. The molecule has 1 aromatic heterocycles. The molecule has 0 spiro atoms. The molecule has 2 rings (SSSR count). The number of anilines is 1. The van der Waals surface area contributed by atoms with Crippen LogP contribution >= 0.6 is 0 Å². The number of hydrogen-bond donors (Lipinski definition) is 2. The van der Waals surface area contributed by atoms with Gasteiger partial charge in [-0.05, 0) is 36.2 Å². The van der Waals surface area contributed by atoms with Crippen molar-refractivity contribution in [3.8, 4) is 0 Å². The molecule has 0 aliphatic rings. The number of aromatic nitrogens is 1. The first-order valence-electron chi connectivity index (χ1n) is 5.70. The molecule has 0 aliphatic carbocycles. The second-order valence-corrected chi connectivity index (χ2v) is 4.07. The maximum atomic E-state index is 12.0. The lowest BCUT2D eigenvalue weighted by atomic mass is 10.1. The minimum absolute atomic E-state index is 0.159. The molecule has 3 N–H and O–H groups in total. The zero-order valence-corrected chi connectivity index (χ0v) is 10.2. The Morgan fingerprint density at radius 3 is 2.72 bits per heavy atom. The van der Waals surface area contributed by atoms with E-state index in [4.69, 9.17) is 5.73 Å². The van der Waals surface area contributed by atoms with E-state index in [9.17, 15) is 4.79 Å². The van der Waals surface area contributed by atoms with Gasteiger partial charge in [0.15, 0.2) is 0 Å². The normalized spacial score (nSPS) is 10.1. The summed E-state index contributed by atoms with van der Waals surface area (Å²) in [6.07, 6.45) is 3.39. The lowest BCUT2D eigenvalue weighted by Crippen LogP contribution is -2.24. The van der Waals surface area contributed by atoms with Crippen molar-refractivity contribution < 1.29 is 4.79 Å². The fourth-order valence-electron chi connectivity index (χ4n) is 1.66. The highest BCUT2D eigenvalue weighted by atomic mass is 16.1. The maximum Gasteiger partial charge on any atom is 0.253 e. The Hall–Kier alpha value is -2.36. The number of nitrogens with zero attached hydrogens (tertiary/aromatic N) is 1. The number of nitrogens with one attached hydrogen (secondary N) is 1.